The highest BCUT2D eigenvalue weighted by molar-refractivity contribution is 5.65. The quantitative estimate of drug-likeness (QED) is 0.470. The molecule has 2 rings (SSSR count). The first-order valence-corrected chi connectivity index (χ1v) is 9.88. The molecule has 29 heavy (non-hydrogen) atoms. The van der Waals surface area contributed by atoms with Crippen molar-refractivity contribution >= 4 is 5.70 Å². The molecule has 0 aliphatic rings. The van der Waals surface area contributed by atoms with Crippen LogP contribution in [-0.2, 0) is 19.1 Å². The van der Waals surface area contributed by atoms with Gasteiger partial charge in [-0.1, -0.05) is 57.7 Å². The molecule has 0 aliphatic carbocycles. The van der Waals surface area contributed by atoms with Gasteiger partial charge in [0, 0.05) is 17.8 Å². The molecule has 158 valence electrons. The Hall–Kier alpha value is -2.49. The van der Waals surface area contributed by atoms with E-state index in [-0.39, 0.29) is 0 Å². The largest absolute Gasteiger partial charge is 0.416 e. The number of nitrogens with one attached hydrogen (secondary N) is 1. The summed E-state index contributed by atoms with van der Waals surface area (Å²) < 4.78 is 37.8. The number of aryl methyl sites for hydroxylation is 1. The maximum atomic E-state index is 12.6. The van der Waals surface area contributed by atoms with Crippen LogP contribution in [0.5, 0.6) is 0 Å². The van der Waals surface area contributed by atoms with Crippen molar-refractivity contribution in [3.05, 3.63) is 89.5 Å². The number of benzene rings is 2. The van der Waals surface area contributed by atoms with Crippen LogP contribution < -0.4 is 5.32 Å². The van der Waals surface area contributed by atoms with Gasteiger partial charge in [-0.25, -0.2) is 0 Å². The van der Waals surface area contributed by atoms with Crippen LogP contribution in [-0.4, -0.2) is 0 Å². The smallest absolute Gasteiger partial charge is 0.381 e. The van der Waals surface area contributed by atoms with Gasteiger partial charge < -0.3 is 5.32 Å². The average Bonchev–Trinajstić information content (AvgIpc) is 2.67. The Kier molecular flexibility index (Phi) is 9.73. The molecule has 0 radical (unpaired) electrons. The first-order chi connectivity index (χ1) is 13.6. The Morgan fingerprint density at radius 1 is 1.07 bits per heavy atom. The molecule has 0 saturated heterocycles. The van der Waals surface area contributed by atoms with Gasteiger partial charge in [0.2, 0.25) is 0 Å². The van der Waals surface area contributed by atoms with Gasteiger partial charge in [0.25, 0.3) is 0 Å². The molecule has 0 aromatic heterocycles. The molecule has 0 aliphatic heterocycles. The lowest BCUT2D eigenvalue weighted by atomic mass is 9.97. The summed E-state index contributed by atoms with van der Waals surface area (Å²) in [4.78, 5) is 0. The van der Waals surface area contributed by atoms with Crippen LogP contribution >= 0.6 is 0 Å². The van der Waals surface area contributed by atoms with Gasteiger partial charge in [0.15, 0.2) is 0 Å². The van der Waals surface area contributed by atoms with Gasteiger partial charge in [-0.05, 0) is 60.6 Å². The van der Waals surface area contributed by atoms with Crippen molar-refractivity contribution in [1.29, 1.82) is 0 Å². The molecule has 2 aromatic carbocycles. The van der Waals surface area contributed by atoms with E-state index in [0.29, 0.717) is 12.5 Å². The van der Waals surface area contributed by atoms with Gasteiger partial charge in [-0.2, -0.15) is 13.2 Å². The molecule has 2 aromatic rings. The third-order valence-corrected chi connectivity index (χ3v) is 4.35. The zero-order valence-corrected chi connectivity index (χ0v) is 17.9. The van der Waals surface area contributed by atoms with Crippen molar-refractivity contribution in [3.63, 3.8) is 0 Å². The molecule has 0 bridgehead atoms. The zero-order valence-electron chi connectivity index (χ0n) is 17.9. The minimum absolute atomic E-state index is 0.435. The Bertz CT molecular complexity index is 787. The Labute approximate surface area is 173 Å². The van der Waals surface area contributed by atoms with Crippen LogP contribution in [0, 0.1) is 12.8 Å². The summed E-state index contributed by atoms with van der Waals surface area (Å²) in [6.07, 6.45) is -0.344. The monoisotopic (exact) mass is 403 g/mol. The normalized spacial score (nSPS) is 10.9. The third-order valence-electron chi connectivity index (χ3n) is 4.35. The molecule has 4 heteroatoms. The summed E-state index contributed by atoms with van der Waals surface area (Å²) in [6, 6.07) is 11.5. The van der Waals surface area contributed by atoms with Crippen molar-refractivity contribution in [2.24, 2.45) is 5.92 Å². The second-order valence-electron chi connectivity index (χ2n) is 7.47. The number of alkyl halides is 3. The van der Waals surface area contributed by atoms with E-state index in [2.05, 4.69) is 57.4 Å². The van der Waals surface area contributed by atoms with E-state index in [1.807, 2.05) is 13.0 Å². The van der Waals surface area contributed by atoms with Crippen molar-refractivity contribution in [1.82, 2.24) is 5.32 Å². The highest BCUT2D eigenvalue weighted by atomic mass is 19.4. The van der Waals surface area contributed by atoms with Crippen LogP contribution in [0.15, 0.2) is 61.7 Å². The van der Waals surface area contributed by atoms with E-state index in [0.717, 1.165) is 47.4 Å². The van der Waals surface area contributed by atoms with Crippen molar-refractivity contribution in [2.45, 2.75) is 53.3 Å². The molecule has 0 heterocycles. The number of hydrogen-bond acceptors (Lipinski definition) is 1. The summed E-state index contributed by atoms with van der Waals surface area (Å²) in [5.74, 6) is 0.573. The van der Waals surface area contributed by atoms with E-state index in [1.54, 1.807) is 0 Å². The maximum absolute atomic E-state index is 12.6. The first kappa shape index (κ1) is 24.5. The summed E-state index contributed by atoms with van der Waals surface area (Å²) in [6.45, 7) is 16.4. The minimum atomic E-state index is -4.30. The molecule has 1 N–H and O–H groups in total. The average molecular weight is 404 g/mol. The van der Waals surface area contributed by atoms with Crippen molar-refractivity contribution in [2.75, 3.05) is 0 Å². The van der Waals surface area contributed by atoms with Gasteiger partial charge in [0.05, 0.1) is 5.56 Å². The van der Waals surface area contributed by atoms with E-state index in [4.69, 9.17) is 0 Å². The van der Waals surface area contributed by atoms with Crippen LogP contribution in [0.2, 0.25) is 0 Å². The third kappa shape index (κ3) is 8.59. The van der Waals surface area contributed by atoms with Crippen molar-refractivity contribution in [3.8, 4) is 0 Å². The number of halogens is 3. The summed E-state index contributed by atoms with van der Waals surface area (Å²) in [5.41, 5.74) is 4.36. The lowest BCUT2D eigenvalue weighted by Gasteiger charge is -2.15. The van der Waals surface area contributed by atoms with Crippen LogP contribution in [0.1, 0.15) is 55.0 Å². The fraction of sp³-hybridized carbons (Fsp3) is 0.360. The van der Waals surface area contributed by atoms with Gasteiger partial charge in [0.1, 0.15) is 0 Å². The van der Waals surface area contributed by atoms with Crippen LogP contribution in [0.25, 0.3) is 5.70 Å². The molecule has 0 saturated carbocycles. The fourth-order valence-electron chi connectivity index (χ4n) is 2.71. The number of allylic oxidation sites excluding steroid dienone is 1. The lowest BCUT2D eigenvalue weighted by Crippen LogP contribution is -2.12. The molecule has 0 amide bonds. The highest BCUT2D eigenvalue weighted by Crippen LogP contribution is 2.29. The molecule has 0 spiro atoms. The molecule has 1 nitrogen and oxygen atoms in total. The topological polar surface area (TPSA) is 12.0 Å². The van der Waals surface area contributed by atoms with Gasteiger partial charge >= 0.3 is 6.18 Å². The highest BCUT2D eigenvalue weighted by Gasteiger charge is 2.29. The minimum Gasteiger partial charge on any atom is -0.381 e. The molecular weight excluding hydrogens is 371 g/mol. The molecule has 0 unspecified atom stereocenters. The summed E-state index contributed by atoms with van der Waals surface area (Å²) >= 11 is 0. The first-order valence-electron chi connectivity index (χ1n) is 9.88. The summed E-state index contributed by atoms with van der Waals surface area (Å²) in [5, 5.41) is 3.22. The maximum Gasteiger partial charge on any atom is 0.416 e. The van der Waals surface area contributed by atoms with Gasteiger partial charge in [-0.3, -0.25) is 0 Å². The van der Waals surface area contributed by atoms with Crippen molar-refractivity contribution < 1.29 is 13.2 Å². The second-order valence-corrected chi connectivity index (χ2v) is 7.47. The van der Waals surface area contributed by atoms with Crippen LogP contribution in [0.3, 0.4) is 0 Å². The predicted octanol–water partition coefficient (Wildman–Crippen LogP) is 7.56. The lowest BCUT2D eigenvalue weighted by molar-refractivity contribution is -0.137. The van der Waals surface area contributed by atoms with Crippen LogP contribution in [0.4, 0.5) is 13.2 Å². The van der Waals surface area contributed by atoms with E-state index in [9.17, 15) is 13.2 Å². The Morgan fingerprint density at radius 2 is 1.62 bits per heavy atom. The van der Waals surface area contributed by atoms with E-state index < -0.39 is 11.7 Å². The molecule has 0 atom stereocenters. The SMILES string of the molecule is C=C(NCc1ccc(C(F)(F)F)cc1)c1cc(CC(C)C)ccc1C.C=CCC. The van der Waals surface area contributed by atoms with E-state index >= 15 is 0 Å². The number of hydrogen-bond donors (Lipinski definition) is 1. The Morgan fingerprint density at radius 3 is 2.10 bits per heavy atom. The number of rotatable bonds is 7. The summed E-state index contributed by atoms with van der Waals surface area (Å²) in [7, 11) is 0. The Balaban J connectivity index is 0.000000960. The molecular formula is C25H32F3N. The predicted molar refractivity (Wildman–Crippen MR) is 118 cm³/mol. The zero-order chi connectivity index (χ0) is 22.0. The second kappa shape index (κ2) is 11.5. The fourth-order valence-corrected chi connectivity index (χ4v) is 2.71. The van der Waals surface area contributed by atoms with Gasteiger partial charge in [-0.15, -0.1) is 6.58 Å². The van der Waals surface area contributed by atoms with E-state index in [1.165, 1.54) is 17.7 Å². The molecule has 0 fully saturated rings. The standard InChI is InChI=1S/C21H24F3N.C4H8/c1-14(2)11-18-6-5-15(3)20(12-18)16(4)25-13-17-7-9-19(10-8-17)21(22,23)24;1-3-4-2/h5-10,12,14,25H,4,11,13H2,1-3H3;3H,1,4H2,2H3.